The third-order valence-electron chi connectivity index (χ3n) is 1.96. The molecule has 0 fully saturated rings. The van der Waals surface area contributed by atoms with Crippen molar-refractivity contribution in [2.45, 2.75) is 18.2 Å². The van der Waals surface area contributed by atoms with Gasteiger partial charge >= 0.3 is 0 Å². The summed E-state index contributed by atoms with van der Waals surface area (Å²) in [6.45, 7) is 1.50. The Morgan fingerprint density at radius 2 is 1.80 bits per heavy atom. The molecular weight excluding hydrogens is 214 g/mol. The quantitative estimate of drug-likeness (QED) is 0.824. The van der Waals surface area contributed by atoms with E-state index in [0.29, 0.717) is 6.42 Å². The Morgan fingerprint density at radius 3 is 2.20 bits per heavy atom. The molecule has 0 aliphatic carbocycles. The first-order valence-electron chi connectivity index (χ1n) is 4.47. The second kappa shape index (κ2) is 4.55. The van der Waals surface area contributed by atoms with Gasteiger partial charge in [0.2, 0.25) is 10.0 Å². The maximum Gasteiger partial charge on any atom is 0.240 e. The standard InChI is InChI=1S/C10H13NO3S/c1-8(12)7-9-3-5-10(6-4-9)15(13,14)11-2/h3-6,11H,7H2,1-2H3. The average molecular weight is 227 g/mol. The summed E-state index contributed by atoms with van der Waals surface area (Å²) in [6.07, 6.45) is 0.333. The number of nitrogens with one attached hydrogen (secondary N) is 1. The van der Waals surface area contributed by atoms with Crippen LogP contribution >= 0.6 is 0 Å². The van der Waals surface area contributed by atoms with Crippen LogP contribution in [0.2, 0.25) is 0 Å². The molecule has 0 aromatic heterocycles. The maximum atomic E-state index is 11.4. The van der Waals surface area contributed by atoms with E-state index in [1.54, 1.807) is 12.1 Å². The van der Waals surface area contributed by atoms with Crippen LogP contribution in [0.4, 0.5) is 0 Å². The van der Waals surface area contributed by atoms with Crippen molar-refractivity contribution in [3.05, 3.63) is 29.8 Å². The van der Waals surface area contributed by atoms with Gasteiger partial charge in [0.25, 0.3) is 0 Å². The van der Waals surface area contributed by atoms with Crippen LogP contribution < -0.4 is 4.72 Å². The van der Waals surface area contributed by atoms with Crippen molar-refractivity contribution < 1.29 is 13.2 Å². The Hall–Kier alpha value is -1.20. The summed E-state index contributed by atoms with van der Waals surface area (Å²) in [5.74, 6) is 0.0548. The van der Waals surface area contributed by atoms with Gasteiger partial charge in [-0.25, -0.2) is 13.1 Å². The highest BCUT2D eigenvalue weighted by molar-refractivity contribution is 7.89. The predicted molar refractivity (Wildman–Crippen MR) is 57.1 cm³/mol. The highest BCUT2D eigenvalue weighted by atomic mass is 32.2. The molecule has 0 heterocycles. The molecule has 1 N–H and O–H groups in total. The molecule has 1 aromatic rings. The SMILES string of the molecule is CNS(=O)(=O)c1ccc(CC(C)=O)cc1. The molecule has 0 radical (unpaired) electrons. The van der Waals surface area contributed by atoms with Crippen LogP contribution in [0.15, 0.2) is 29.2 Å². The normalized spacial score (nSPS) is 11.3. The van der Waals surface area contributed by atoms with Crippen LogP contribution in [0.5, 0.6) is 0 Å². The molecule has 1 aromatic carbocycles. The fourth-order valence-electron chi connectivity index (χ4n) is 1.19. The van der Waals surface area contributed by atoms with Gasteiger partial charge in [-0.2, -0.15) is 0 Å². The fraction of sp³-hybridized carbons (Fsp3) is 0.300. The first-order chi connectivity index (χ1) is 6.95. The Labute approximate surface area is 89.4 Å². The molecule has 5 heteroatoms. The molecule has 0 aliphatic rings. The van der Waals surface area contributed by atoms with Gasteiger partial charge in [-0.1, -0.05) is 12.1 Å². The number of carbonyl (C=O) groups is 1. The fourth-order valence-corrected chi connectivity index (χ4v) is 1.92. The van der Waals surface area contributed by atoms with Crippen LogP contribution in [0, 0.1) is 0 Å². The van der Waals surface area contributed by atoms with Crippen molar-refractivity contribution in [2.75, 3.05) is 7.05 Å². The van der Waals surface area contributed by atoms with Crippen molar-refractivity contribution in [2.24, 2.45) is 0 Å². The van der Waals surface area contributed by atoms with Gasteiger partial charge in [0, 0.05) is 6.42 Å². The number of sulfonamides is 1. The average Bonchev–Trinajstić information content (AvgIpc) is 2.18. The third-order valence-corrected chi connectivity index (χ3v) is 3.39. The smallest absolute Gasteiger partial charge is 0.240 e. The van der Waals surface area contributed by atoms with Gasteiger partial charge in [0.05, 0.1) is 4.90 Å². The third kappa shape index (κ3) is 3.14. The molecule has 0 saturated carbocycles. The Kier molecular flexibility index (Phi) is 3.60. The van der Waals surface area contributed by atoms with E-state index in [1.165, 1.54) is 26.1 Å². The van der Waals surface area contributed by atoms with E-state index < -0.39 is 10.0 Å². The zero-order valence-corrected chi connectivity index (χ0v) is 9.47. The van der Waals surface area contributed by atoms with E-state index in [2.05, 4.69) is 4.72 Å². The van der Waals surface area contributed by atoms with Gasteiger partial charge in [-0.05, 0) is 31.7 Å². The minimum absolute atomic E-state index is 0.0548. The van der Waals surface area contributed by atoms with Gasteiger partial charge in [-0.15, -0.1) is 0 Å². The van der Waals surface area contributed by atoms with E-state index in [0.717, 1.165) is 5.56 Å². The number of Topliss-reactive ketones (excluding diaryl/α,β-unsaturated/α-hetero) is 1. The lowest BCUT2D eigenvalue weighted by molar-refractivity contribution is -0.116. The Balaban J connectivity index is 2.95. The van der Waals surface area contributed by atoms with E-state index in [-0.39, 0.29) is 10.7 Å². The van der Waals surface area contributed by atoms with Gasteiger partial charge in [0.15, 0.2) is 0 Å². The van der Waals surface area contributed by atoms with Gasteiger partial charge in [-0.3, -0.25) is 4.79 Å². The lowest BCUT2D eigenvalue weighted by atomic mass is 10.1. The number of ketones is 1. The molecule has 0 saturated heterocycles. The second-order valence-electron chi connectivity index (χ2n) is 3.23. The molecule has 0 bridgehead atoms. The summed E-state index contributed by atoms with van der Waals surface area (Å²) in [5.41, 5.74) is 0.817. The lowest BCUT2D eigenvalue weighted by Crippen LogP contribution is -2.18. The van der Waals surface area contributed by atoms with Crippen molar-refractivity contribution >= 4 is 15.8 Å². The van der Waals surface area contributed by atoms with Crippen molar-refractivity contribution in [3.8, 4) is 0 Å². The number of hydrogen-bond acceptors (Lipinski definition) is 3. The minimum atomic E-state index is -3.38. The molecule has 1 rings (SSSR count). The van der Waals surface area contributed by atoms with Crippen molar-refractivity contribution in [1.29, 1.82) is 0 Å². The zero-order valence-electron chi connectivity index (χ0n) is 8.65. The van der Waals surface area contributed by atoms with E-state index >= 15 is 0 Å². The first kappa shape index (κ1) is 11.9. The Morgan fingerprint density at radius 1 is 1.27 bits per heavy atom. The zero-order chi connectivity index (χ0) is 11.5. The largest absolute Gasteiger partial charge is 0.300 e. The molecule has 0 unspecified atom stereocenters. The number of carbonyl (C=O) groups excluding carboxylic acids is 1. The van der Waals surface area contributed by atoms with Gasteiger partial charge < -0.3 is 0 Å². The van der Waals surface area contributed by atoms with Crippen molar-refractivity contribution in [3.63, 3.8) is 0 Å². The van der Waals surface area contributed by atoms with E-state index in [9.17, 15) is 13.2 Å². The predicted octanol–water partition coefficient (Wildman–Crippen LogP) is 0.726. The van der Waals surface area contributed by atoms with E-state index in [1.807, 2.05) is 0 Å². The van der Waals surface area contributed by atoms with Crippen LogP contribution in [0.1, 0.15) is 12.5 Å². The molecule has 82 valence electrons. The molecule has 4 nitrogen and oxygen atoms in total. The summed E-state index contributed by atoms with van der Waals surface area (Å²) in [5, 5.41) is 0. The molecular formula is C10H13NO3S. The molecule has 0 amide bonds. The number of hydrogen-bond donors (Lipinski definition) is 1. The second-order valence-corrected chi connectivity index (χ2v) is 5.12. The molecule has 15 heavy (non-hydrogen) atoms. The summed E-state index contributed by atoms with van der Waals surface area (Å²) >= 11 is 0. The lowest BCUT2D eigenvalue weighted by Gasteiger charge is -2.03. The number of benzene rings is 1. The summed E-state index contributed by atoms with van der Waals surface area (Å²) in [6, 6.07) is 6.27. The van der Waals surface area contributed by atoms with Gasteiger partial charge in [0.1, 0.15) is 5.78 Å². The molecule has 0 atom stereocenters. The topological polar surface area (TPSA) is 63.2 Å². The van der Waals surface area contributed by atoms with Crippen LogP contribution in [0.25, 0.3) is 0 Å². The first-order valence-corrected chi connectivity index (χ1v) is 5.96. The Bertz CT molecular complexity index is 448. The van der Waals surface area contributed by atoms with Crippen molar-refractivity contribution in [1.82, 2.24) is 4.72 Å². The highest BCUT2D eigenvalue weighted by Crippen LogP contribution is 2.10. The molecule has 0 aliphatic heterocycles. The summed E-state index contributed by atoms with van der Waals surface area (Å²) in [4.78, 5) is 11.0. The summed E-state index contributed by atoms with van der Waals surface area (Å²) < 4.78 is 24.9. The number of rotatable bonds is 4. The maximum absolute atomic E-state index is 11.4. The minimum Gasteiger partial charge on any atom is -0.300 e. The van der Waals surface area contributed by atoms with Crippen LogP contribution in [-0.2, 0) is 21.2 Å². The molecule has 0 spiro atoms. The van der Waals surface area contributed by atoms with Crippen LogP contribution in [-0.4, -0.2) is 21.2 Å². The monoisotopic (exact) mass is 227 g/mol. The van der Waals surface area contributed by atoms with Crippen LogP contribution in [0.3, 0.4) is 0 Å². The highest BCUT2D eigenvalue weighted by Gasteiger charge is 2.10. The van der Waals surface area contributed by atoms with E-state index in [4.69, 9.17) is 0 Å². The summed E-state index contributed by atoms with van der Waals surface area (Å²) in [7, 11) is -2.02.